The molecular weight excluding hydrogens is 486 g/mol. The minimum absolute atomic E-state index is 0.212. The topological polar surface area (TPSA) is 76.8 Å². The Morgan fingerprint density at radius 1 is 0.973 bits per heavy atom. The number of carbonyl (C=O) groups excluding carboxylic acids is 3. The fraction of sp³-hybridized carbons (Fsp3) is 0.167. The van der Waals surface area contributed by atoms with E-state index >= 15 is 0 Å². The van der Waals surface area contributed by atoms with Crippen LogP contribution in [0.1, 0.15) is 41.4 Å². The van der Waals surface area contributed by atoms with Gasteiger partial charge in [0.1, 0.15) is 11.5 Å². The van der Waals surface area contributed by atoms with Crippen molar-refractivity contribution in [1.29, 1.82) is 0 Å². The van der Waals surface area contributed by atoms with Gasteiger partial charge >= 0.3 is 5.97 Å². The van der Waals surface area contributed by atoms with Crippen molar-refractivity contribution in [2.75, 3.05) is 6.61 Å². The predicted octanol–water partition coefficient (Wildman–Crippen LogP) is 7.29. The molecule has 186 valence electrons. The quantitative estimate of drug-likeness (QED) is 0.140. The highest BCUT2D eigenvalue weighted by molar-refractivity contribution is 8.18. The van der Waals surface area contributed by atoms with Crippen LogP contribution in [0, 0.1) is 0 Å². The Hall–Kier alpha value is -4.10. The van der Waals surface area contributed by atoms with Crippen molar-refractivity contribution >= 4 is 45.7 Å². The van der Waals surface area contributed by atoms with E-state index in [1.165, 1.54) is 4.90 Å². The lowest BCUT2D eigenvalue weighted by molar-refractivity contribution is -0.123. The largest absolute Gasteiger partial charge is 0.462 e. The Kier molecular flexibility index (Phi) is 7.23. The van der Waals surface area contributed by atoms with E-state index < -0.39 is 0 Å². The van der Waals surface area contributed by atoms with Crippen LogP contribution in [0.25, 0.3) is 28.2 Å². The molecule has 3 aromatic carbocycles. The first-order valence-electron chi connectivity index (χ1n) is 12.1. The molecule has 7 heteroatoms. The first kappa shape index (κ1) is 24.6. The van der Waals surface area contributed by atoms with Gasteiger partial charge in [0.2, 0.25) is 0 Å². The summed E-state index contributed by atoms with van der Waals surface area (Å²) < 4.78 is 11.1. The molecule has 1 aromatic heterocycles. The lowest BCUT2D eigenvalue weighted by Crippen LogP contribution is -2.27. The Bertz CT molecular complexity index is 1500. The van der Waals surface area contributed by atoms with E-state index in [9.17, 15) is 14.4 Å². The number of thioether (sulfide) groups is 1. The van der Waals surface area contributed by atoms with Crippen molar-refractivity contribution in [2.45, 2.75) is 26.3 Å². The van der Waals surface area contributed by atoms with Crippen molar-refractivity contribution in [3.8, 4) is 11.3 Å². The number of imide groups is 1. The normalized spacial score (nSPS) is 14.6. The van der Waals surface area contributed by atoms with Crippen LogP contribution >= 0.6 is 11.8 Å². The third kappa shape index (κ3) is 5.52. The number of nitrogens with zero attached hydrogens (tertiary/aromatic N) is 1. The monoisotopic (exact) mass is 511 g/mol. The first-order chi connectivity index (χ1) is 18.0. The van der Waals surface area contributed by atoms with Crippen LogP contribution in [0.15, 0.2) is 88.2 Å². The molecule has 0 radical (unpaired) electrons. The van der Waals surface area contributed by atoms with Gasteiger partial charge in [-0.1, -0.05) is 61.9 Å². The van der Waals surface area contributed by atoms with E-state index in [0.29, 0.717) is 28.6 Å². The molecule has 1 fully saturated rings. The zero-order valence-corrected chi connectivity index (χ0v) is 21.1. The predicted molar refractivity (Wildman–Crippen MR) is 145 cm³/mol. The van der Waals surface area contributed by atoms with Crippen molar-refractivity contribution in [3.63, 3.8) is 0 Å². The van der Waals surface area contributed by atoms with E-state index in [1.807, 2.05) is 49.4 Å². The number of amides is 2. The lowest BCUT2D eigenvalue weighted by atomic mass is 10.1. The Morgan fingerprint density at radius 3 is 2.54 bits per heavy atom. The zero-order chi connectivity index (χ0) is 25.8. The number of carbonyl (C=O) groups is 3. The molecule has 0 spiro atoms. The molecule has 0 bridgehead atoms. The third-order valence-electron chi connectivity index (χ3n) is 6.06. The van der Waals surface area contributed by atoms with Gasteiger partial charge in [-0.05, 0) is 64.9 Å². The molecule has 2 amide bonds. The summed E-state index contributed by atoms with van der Waals surface area (Å²) in [5.41, 5.74) is 2.15. The van der Waals surface area contributed by atoms with E-state index in [4.69, 9.17) is 9.15 Å². The summed E-state index contributed by atoms with van der Waals surface area (Å²) in [6.45, 7) is 2.66. The van der Waals surface area contributed by atoms with Crippen molar-refractivity contribution in [2.24, 2.45) is 0 Å². The van der Waals surface area contributed by atoms with Gasteiger partial charge in [0.15, 0.2) is 0 Å². The molecule has 0 N–H and O–H groups in total. The van der Waals surface area contributed by atoms with Crippen LogP contribution in [-0.4, -0.2) is 28.6 Å². The smallest absolute Gasteiger partial charge is 0.338 e. The minimum atomic E-state index is -0.348. The molecule has 0 saturated carbocycles. The molecule has 37 heavy (non-hydrogen) atoms. The van der Waals surface area contributed by atoms with Crippen LogP contribution in [-0.2, 0) is 16.1 Å². The standard InChI is InChI=1S/C30H25NO5S/c1-2-3-16-35-29(33)23-12-10-22(11-13-23)26-15-14-25(36-26)18-27-28(32)31(30(34)37-27)19-20-8-9-21-6-4-5-7-24(21)17-20/h4-15,17-18H,2-3,16,19H2,1H3/b27-18-. The molecule has 5 rings (SSSR count). The molecule has 1 aliphatic heterocycles. The van der Waals surface area contributed by atoms with E-state index in [0.717, 1.165) is 46.5 Å². The van der Waals surface area contributed by atoms with E-state index in [2.05, 4.69) is 0 Å². The van der Waals surface area contributed by atoms with Crippen LogP contribution in [0.5, 0.6) is 0 Å². The highest BCUT2D eigenvalue weighted by Crippen LogP contribution is 2.34. The maximum atomic E-state index is 13.0. The van der Waals surface area contributed by atoms with E-state index in [-0.39, 0.29) is 23.7 Å². The van der Waals surface area contributed by atoms with Crippen molar-refractivity contribution in [1.82, 2.24) is 4.90 Å². The molecule has 0 unspecified atom stereocenters. The fourth-order valence-electron chi connectivity index (χ4n) is 4.03. The number of benzene rings is 3. The molecule has 0 atom stereocenters. The van der Waals surface area contributed by atoms with Crippen molar-refractivity contribution in [3.05, 3.63) is 101 Å². The molecular formula is C30H25NO5S. The minimum Gasteiger partial charge on any atom is -0.462 e. The maximum absolute atomic E-state index is 13.0. The van der Waals surface area contributed by atoms with Gasteiger partial charge in [0.05, 0.1) is 23.6 Å². The molecule has 1 saturated heterocycles. The van der Waals surface area contributed by atoms with E-state index in [1.54, 1.807) is 42.5 Å². The van der Waals surface area contributed by atoms with Gasteiger partial charge < -0.3 is 9.15 Å². The lowest BCUT2D eigenvalue weighted by Gasteiger charge is -2.13. The molecule has 4 aromatic rings. The summed E-state index contributed by atoms with van der Waals surface area (Å²) in [4.78, 5) is 39.3. The summed E-state index contributed by atoms with van der Waals surface area (Å²) in [5, 5.41) is 1.86. The number of furan rings is 1. The van der Waals surface area contributed by atoms with Crippen LogP contribution in [0.4, 0.5) is 4.79 Å². The molecule has 1 aliphatic rings. The average molecular weight is 512 g/mol. The van der Waals surface area contributed by atoms with Crippen LogP contribution in [0.2, 0.25) is 0 Å². The second-order valence-electron chi connectivity index (χ2n) is 8.72. The number of ether oxygens (including phenoxy) is 1. The van der Waals surface area contributed by atoms with Gasteiger partial charge in [0, 0.05) is 11.6 Å². The fourth-order valence-corrected chi connectivity index (χ4v) is 4.85. The number of esters is 1. The third-order valence-corrected chi connectivity index (χ3v) is 6.97. The summed E-state index contributed by atoms with van der Waals surface area (Å²) in [5.74, 6) is 0.369. The summed E-state index contributed by atoms with van der Waals surface area (Å²) in [6, 6.07) is 24.4. The van der Waals surface area contributed by atoms with Gasteiger partial charge in [0.25, 0.3) is 11.1 Å². The van der Waals surface area contributed by atoms with Crippen molar-refractivity contribution < 1.29 is 23.5 Å². The average Bonchev–Trinajstić information content (AvgIpc) is 3.49. The second-order valence-corrected chi connectivity index (χ2v) is 9.71. The number of unbranched alkanes of at least 4 members (excludes halogenated alkanes) is 1. The Morgan fingerprint density at radius 2 is 1.76 bits per heavy atom. The highest BCUT2D eigenvalue weighted by atomic mass is 32.2. The maximum Gasteiger partial charge on any atom is 0.338 e. The number of rotatable bonds is 8. The number of hydrogen-bond donors (Lipinski definition) is 0. The van der Waals surface area contributed by atoms with Crippen LogP contribution < -0.4 is 0 Å². The Balaban J connectivity index is 1.27. The highest BCUT2D eigenvalue weighted by Gasteiger charge is 2.35. The molecule has 2 heterocycles. The number of fused-ring (bicyclic) bond motifs is 1. The second kappa shape index (κ2) is 10.9. The first-order valence-corrected chi connectivity index (χ1v) is 12.9. The SMILES string of the molecule is CCCCOC(=O)c1ccc(-c2ccc(/C=C3\SC(=O)N(Cc4ccc5ccccc5c4)C3=O)o2)cc1. The van der Waals surface area contributed by atoms with Gasteiger partial charge in [-0.3, -0.25) is 14.5 Å². The zero-order valence-electron chi connectivity index (χ0n) is 20.3. The van der Waals surface area contributed by atoms with Gasteiger partial charge in [-0.15, -0.1) is 0 Å². The number of hydrogen-bond acceptors (Lipinski definition) is 6. The summed E-state index contributed by atoms with van der Waals surface area (Å²) >= 11 is 0.905. The van der Waals surface area contributed by atoms with Crippen LogP contribution in [0.3, 0.4) is 0 Å². The molecule has 6 nitrogen and oxygen atoms in total. The van der Waals surface area contributed by atoms with Gasteiger partial charge in [-0.2, -0.15) is 0 Å². The summed E-state index contributed by atoms with van der Waals surface area (Å²) in [7, 11) is 0. The van der Waals surface area contributed by atoms with Gasteiger partial charge in [-0.25, -0.2) is 4.79 Å². The Labute approximate surface area is 218 Å². The summed E-state index contributed by atoms with van der Waals surface area (Å²) in [6.07, 6.45) is 3.39. The molecule has 0 aliphatic carbocycles.